The fraction of sp³-hybridized carbons (Fsp3) is 0.500. The highest BCUT2D eigenvalue weighted by Gasteiger charge is 2.42. The van der Waals surface area contributed by atoms with Crippen LogP contribution in [0.3, 0.4) is 0 Å². The molecule has 0 aromatic heterocycles. The van der Waals surface area contributed by atoms with Gasteiger partial charge in [-0.05, 0) is 25.8 Å². The van der Waals surface area contributed by atoms with Crippen LogP contribution in [0.25, 0.3) is 0 Å². The van der Waals surface area contributed by atoms with Crippen molar-refractivity contribution in [2.45, 2.75) is 38.6 Å². The second-order valence-electron chi connectivity index (χ2n) is 5.68. The van der Waals surface area contributed by atoms with E-state index in [1.807, 2.05) is 37.3 Å². The minimum atomic E-state index is -0.780. The van der Waals surface area contributed by atoms with Crippen molar-refractivity contribution in [3.63, 3.8) is 0 Å². The van der Waals surface area contributed by atoms with Gasteiger partial charge in [0, 0.05) is 13.1 Å². The lowest BCUT2D eigenvalue weighted by Gasteiger charge is -2.42. The topological polar surface area (TPSA) is 49.4 Å². The van der Waals surface area contributed by atoms with Gasteiger partial charge in [0.2, 0.25) is 11.8 Å². The van der Waals surface area contributed by atoms with Crippen LogP contribution in [-0.4, -0.2) is 35.3 Å². The fourth-order valence-corrected chi connectivity index (χ4v) is 2.71. The van der Waals surface area contributed by atoms with E-state index in [0.717, 1.165) is 12.0 Å². The number of amides is 2. The van der Waals surface area contributed by atoms with Crippen LogP contribution >= 0.6 is 0 Å². The zero-order valence-electron chi connectivity index (χ0n) is 12.3. The standard InChI is InChI=1S/C16H22N2O2/c1-4-13(12-8-6-5-7-9-12)14(19)18-11-10-17-15(20)16(18,2)3/h5-9,13H,4,10-11H2,1-3H3,(H,17,20). The van der Waals surface area contributed by atoms with Crippen LogP contribution in [0.15, 0.2) is 30.3 Å². The van der Waals surface area contributed by atoms with Crippen LogP contribution in [-0.2, 0) is 9.59 Å². The molecule has 1 fully saturated rings. The summed E-state index contributed by atoms with van der Waals surface area (Å²) in [6, 6.07) is 9.78. The van der Waals surface area contributed by atoms with Crippen LogP contribution in [0.2, 0.25) is 0 Å². The third-order valence-corrected chi connectivity index (χ3v) is 4.03. The van der Waals surface area contributed by atoms with Crippen LogP contribution in [0.4, 0.5) is 0 Å². The van der Waals surface area contributed by atoms with Crippen molar-refractivity contribution in [1.82, 2.24) is 10.2 Å². The molecule has 1 heterocycles. The van der Waals surface area contributed by atoms with Crippen molar-refractivity contribution in [3.05, 3.63) is 35.9 Å². The summed E-state index contributed by atoms with van der Waals surface area (Å²) in [5, 5.41) is 2.82. The summed E-state index contributed by atoms with van der Waals surface area (Å²) >= 11 is 0. The molecule has 0 radical (unpaired) electrons. The maximum atomic E-state index is 12.8. The van der Waals surface area contributed by atoms with Gasteiger partial charge in [0.15, 0.2) is 0 Å². The first-order chi connectivity index (χ1) is 9.48. The monoisotopic (exact) mass is 274 g/mol. The minimum Gasteiger partial charge on any atom is -0.352 e. The Morgan fingerprint density at radius 2 is 2.00 bits per heavy atom. The lowest BCUT2D eigenvalue weighted by atomic mass is 9.91. The zero-order chi connectivity index (χ0) is 14.8. The Balaban J connectivity index is 2.27. The summed E-state index contributed by atoms with van der Waals surface area (Å²) in [6.45, 7) is 6.71. The summed E-state index contributed by atoms with van der Waals surface area (Å²) in [6.07, 6.45) is 0.733. The van der Waals surface area contributed by atoms with E-state index in [0.29, 0.717) is 13.1 Å². The van der Waals surface area contributed by atoms with Gasteiger partial charge >= 0.3 is 0 Å². The van der Waals surface area contributed by atoms with Gasteiger partial charge in [-0.15, -0.1) is 0 Å². The van der Waals surface area contributed by atoms with E-state index in [4.69, 9.17) is 0 Å². The molecule has 1 aliphatic rings. The molecule has 0 saturated carbocycles. The molecule has 1 aromatic rings. The smallest absolute Gasteiger partial charge is 0.245 e. The van der Waals surface area contributed by atoms with Gasteiger partial charge in [-0.25, -0.2) is 0 Å². The van der Waals surface area contributed by atoms with E-state index in [1.165, 1.54) is 0 Å². The Bertz CT molecular complexity index is 496. The molecule has 20 heavy (non-hydrogen) atoms. The van der Waals surface area contributed by atoms with Crippen molar-refractivity contribution in [2.75, 3.05) is 13.1 Å². The molecule has 1 unspecified atom stereocenters. The molecule has 0 spiro atoms. The summed E-state index contributed by atoms with van der Waals surface area (Å²) in [7, 11) is 0. The Hall–Kier alpha value is -1.84. The number of nitrogens with zero attached hydrogens (tertiary/aromatic N) is 1. The highest BCUT2D eigenvalue weighted by atomic mass is 16.2. The van der Waals surface area contributed by atoms with Gasteiger partial charge in [-0.3, -0.25) is 9.59 Å². The van der Waals surface area contributed by atoms with E-state index in [1.54, 1.807) is 18.7 Å². The number of carbonyl (C=O) groups excluding carboxylic acids is 2. The second-order valence-corrected chi connectivity index (χ2v) is 5.68. The maximum absolute atomic E-state index is 12.8. The molecular weight excluding hydrogens is 252 g/mol. The van der Waals surface area contributed by atoms with Gasteiger partial charge in [0.1, 0.15) is 5.54 Å². The first-order valence-electron chi connectivity index (χ1n) is 7.13. The molecule has 1 N–H and O–H groups in total. The molecular formula is C16H22N2O2. The number of hydrogen-bond acceptors (Lipinski definition) is 2. The first kappa shape index (κ1) is 14.6. The van der Waals surface area contributed by atoms with Gasteiger partial charge in [-0.1, -0.05) is 37.3 Å². The minimum absolute atomic E-state index is 0.0403. The molecule has 4 nitrogen and oxygen atoms in total. The predicted octanol–water partition coefficient (Wildman–Crippen LogP) is 1.92. The van der Waals surface area contributed by atoms with Crippen molar-refractivity contribution >= 4 is 11.8 Å². The van der Waals surface area contributed by atoms with Gasteiger partial charge < -0.3 is 10.2 Å². The molecule has 2 rings (SSSR count). The van der Waals surface area contributed by atoms with E-state index in [9.17, 15) is 9.59 Å². The van der Waals surface area contributed by atoms with Crippen LogP contribution in [0.5, 0.6) is 0 Å². The summed E-state index contributed by atoms with van der Waals surface area (Å²) in [5.74, 6) is -0.222. The second kappa shape index (κ2) is 5.65. The Morgan fingerprint density at radius 3 is 2.60 bits per heavy atom. The lowest BCUT2D eigenvalue weighted by Crippen LogP contribution is -2.64. The molecule has 0 bridgehead atoms. The van der Waals surface area contributed by atoms with Crippen LogP contribution < -0.4 is 5.32 Å². The summed E-state index contributed by atoms with van der Waals surface area (Å²) < 4.78 is 0. The van der Waals surface area contributed by atoms with E-state index < -0.39 is 5.54 Å². The van der Waals surface area contributed by atoms with E-state index >= 15 is 0 Å². The average Bonchev–Trinajstić information content (AvgIpc) is 2.43. The van der Waals surface area contributed by atoms with E-state index in [-0.39, 0.29) is 17.7 Å². The third kappa shape index (κ3) is 2.55. The highest BCUT2D eigenvalue weighted by Crippen LogP contribution is 2.27. The number of carbonyl (C=O) groups is 2. The van der Waals surface area contributed by atoms with Crippen molar-refractivity contribution < 1.29 is 9.59 Å². The lowest BCUT2D eigenvalue weighted by molar-refractivity contribution is -0.150. The van der Waals surface area contributed by atoms with Crippen molar-refractivity contribution in [3.8, 4) is 0 Å². The summed E-state index contributed by atoms with van der Waals surface area (Å²) in [4.78, 5) is 26.5. The Labute approximate surface area is 120 Å². The van der Waals surface area contributed by atoms with Gasteiger partial charge in [0.25, 0.3) is 0 Å². The molecule has 2 amide bonds. The zero-order valence-corrected chi connectivity index (χ0v) is 12.3. The Morgan fingerprint density at radius 1 is 1.35 bits per heavy atom. The highest BCUT2D eigenvalue weighted by molar-refractivity contribution is 5.94. The summed E-state index contributed by atoms with van der Waals surface area (Å²) in [5.41, 5.74) is 0.235. The number of piperazine rings is 1. The average molecular weight is 274 g/mol. The SMILES string of the molecule is CCC(C(=O)N1CCNC(=O)C1(C)C)c1ccccc1. The van der Waals surface area contributed by atoms with Crippen LogP contribution in [0, 0.1) is 0 Å². The molecule has 1 saturated heterocycles. The predicted molar refractivity (Wildman–Crippen MR) is 78.3 cm³/mol. The molecule has 1 atom stereocenters. The van der Waals surface area contributed by atoms with Gasteiger partial charge in [0.05, 0.1) is 5.92 Å². The quantitative estimate of drug-likeness (QED) is 0.915. The number of nitrogens with one attached hydrogen (secondary N) is 1. The van der Waals surface area contributed by atoms with E-state index in [2.05, 4.69) is 5.32 Å². The maximum Gasteiger partial charge on any atom is 0.245 e. The van der Waals surface area contributed by atoms with Crippen LogP contribution in [0.1, 0.15) is 38.7 Å². The number of benzene rings is 1. The fourth-order valence-electron chi connectivity index (χ4n) is 2.71. The van der Waals surface area contributed by atoms with Gasteiger partial charge in [-0.2, -0.15) is 0 Å². The Kier molecular flexibility index (Phi) is 4.12. The molecule has 0 aliphatic carbocycles. The normalized spacial score (nSPS) is 19.4. The third-order valence-electron chi connectivity index (χ3n) is 4.03. The molecule has 1 aliphatic heterocycles. The first-order valence-corrected chi connectivity index (χ1v) is 7.13. The molecule has 1 aromatic carbocycles. The largest absolute Gasteiger partial charge is 0.352 e. The molecule has 108 valence electrons. The molecule has 4 heteroatoms. The number of rotatable bonds is 3. The number of hydrogen-bond donors (Lipinski definition) is 1. The van der Waals surface area contributed by atoms with Crippen molar-refractivity contribution in [2.24, 2.45) is 0 Å². The van der Waals surface area contributed by atoms with Crippen molar-refractivity contribution in [1.29, 1.82) is 0 Å².